The largest absolute Gasteiger partial charge is 1.00 e. The van der Waals surface area contributed by atoms with Crippen molar-refractivity contribution in [3.8, 4) is 0 Å². The molecule has 0 radical (unpaired) electrons. The molecule has 2 heterocycles. The van der Waals surface area contributed by atoms with Crippen LogP contribution in [-0.2, 0) is 16.1 Å². The van der Waals surface area contributed by atoms with Gasteiger partial charge in [-0.3, -0.25) is 4.79 Å². The molecule has 3 nitrogen and oxygen atoms in total. The van der Waals surface area contributed by atoms with E-state index >= 15 is 0 Å². The van der Waals surface area contributed by atoms with Gasteiger partial charge in [-0.25, -0.2) is 4.58 Å². The number of halogens is 1. The van der Waals surface area contributed by atoms with Crippen LogP contribution in [0.1, 0.15) is 37.7 Å². The highest BCUT2D eigenvalue weighted by atomic mass is 79.9. The first kappa shape index (κ1) is 17.5. The van der Waals surface area contributed by atoms with Crippen LogP contribution < -0.4 is 17.0 Å². The fraction of sp³-hybridized carbons (Fsp3) is 0.529. The van der Waals surface area contributed by atoms with Crippen LogP contribution in [0.4, 0.5) is 0 Å². The summed E-state index contributed by atoms with van der Waals surface area (Å²) >= 11 is 1.74. The average molecular weight is 384 g/mol. The summed E-state index contributed by atoms with van der Waals surface area (Å²) in [6.45, 7) is 2.63. The third kappa shape index (κ3) is 4.59. The van der Waals surface area contributed by atoms with Gasteiger partial charge >= 0.3 is 5.97 Å². The number of nitrogens with zero attached hydrogens (tertiary/aromatic N) is 1. The Morgan fingerprint density at radius 3 is 2.73 bits per heavy atom. The van der Waals surface area contributed by atoms with Crippen LogP contribution in [0.15, 0.2) is 30.3 Å². The molecule has 1 atom stereocenters. The van der Waals surface area contributed by atoms with E-state index in [1.54, 1.807) is 11.8 Å². The average Bonchev–Trinajstić information content (AvgIpc) is 2.78. The molecule has 1 saturated heterocycles. The summed E-state index contributed by atoms with van der Waals surface area (Å²) in [5.41, 5.74) is 1.34. The standard InChI is InChI=1S/C17H22NO2S.BrH/c19-17-15(10-12-20-17)21-16-9-5-2-6-11-18(16)13-14-7-3-1-4-8-14;/h1,3-4,7-8,15H,2,5-6,9-13H2;1H/q+1;/p-1. The van der Waals surface area contributed by atoms with Gasteiger partial charge in [-0.05, 0) is 24.6 Å². The van der Waals surface area contributed by atoms with Gasteiger partial charge < -0.3 is 21.7 Å². The Labute approximate surface area is 146 Å². The summed E-state index contributed by atoms with van der Waals surface area (Å²) < 4.78 is 7.57. The molecular weight excluding hydrogens is 362 g/mol. The van der Waals surface area contributed by atoms with Gasteiger partial charge in [0.2, 0.25) is 5.04 Å². The molecule has 22 heavy (non-hydrogen) atoms. The summed E-state index contributed by atoms with van der Waals surface area (Å²) in [7, 11) is 0. The molecule has 120 valence electrons. The lowest BCUT2D eigenvalue weighted by atomic mass is 10.2. The molecule has 2 aliphatic rings. The lowest BCUT2D eigenvalue weighted by Crippen LogP contribution is -3.00. The van der Waals surface area contributed by atoms with E-state index < -0.39 is 0 Å². The van der Waals surface area contributed by atoms with Gasteiger partial charge in [0, 0.05) is 24.8 Å². The normalized spacial score (nSPS) is 22.0. The van der Waals surface area contributed by atoms with Gasteiger partial charge in [0.05, 0.1) is 6.61 Å². The minimum atomic E-state index is -0.0311. The number of esters is 1. The maximum absolute atomic E-state index is 11.7. The first-order valence-corrected chi connectivity index (χ1v) is 8.69. The second-order valence-electron chi connectivity index (χ2n) is 5.67. The number of carbonyl (C=O) groups is 1. The number of hydrogen-bond acceptors (Lipinski definition) is 3. The lowest BCUT2D eigenvalue weighted by molar-refractivity contribution is -0.541. The number of thioether (sulfide) groups is 1. The van der Waals surface area contributed by atoms with Gasteiger partial charge in [-0.1, -0.05) is 30.3 Å². The Kier molecular flexibility index (Phi) is 6.96. The van der Waals surface area contributed by atoms with Gasteiger partial charge in [0.15, 0.2) is 6.54 Å². The number of rotatable bonds is 3. The number of benzene rings is 1. The van der Waals surface area contributed by atoms with Crippen LogP contribution >= 0.6 is 11.8 Å². The second-order valence-corrected chi connectivity index (χ2v) is 6.95. The molecule has 0 amide bonds. The van der Waals surface area contributed by atoms with Crippen LogP contribution in [0.5, 0.6) is 0 Å². The monoisotopic (exact) mass is 383 g/mol. The molecule has 5 heteroatoms. The minimum Gasteiger partial charge on any atom is -1.00 e. The minimum absolute atomic E-state index is 0. The quantitative estimate of drug-likeness (QED) is 0.552. The van der Waals surface area contributed by atoms with Crippen molar-refractivity contribution in [3.05, 3.63) is 35.9 Å². The Morgan fingerprint density at radius 2 is 2.00 bits per heavy atom. The fourth-order valence-electron chi connectivity index (χ4n) is 2.89. The van der Waals surface area contributed by atoms with E-state index in [1.807, 2.05) is 0 Å². The molecule has 0 spiro atoms. The van der Waals surface area contributed by atoms with Crippen molar-refractivity contribution < 1.29 is 31.1 Å². The SMILES string of the molecule is O=C1OCCC1SC1=[N+](Cc2ccccc2)CCCCC1.[Br-]. The van der Waals surface area contributed by atoms with E-state index in [2.05, 4.69) is 34.9 Å². The molecule has 1 aromatic carbocycles. The maximum Gasteiger partial charge on any atom is 0.319 e. The molecule has 2 aliphatic heterocycles. The van der Waals surface area contributed by atoms with E-state index in [-0.39, 0.29) is 28.2 Å². The molecule has 0 saturated carbocycles. The van der Waals surface area contributed by atoms with Crippen molar-refractivity contribution >= 4 is 22.8 Å². The topological polar surface area (TPSA) is 29.3 Å². The molecule has 0 aliphatic carbocycles. The number of cyclic esters (lactones) is 1. The molecular formula is C17H22BrNO2S. The van der Waals surface area contributed by atoms with Crippen LogP contribution in [0.25, 0.3) is 0 Å². The second kappa shape index (κ2) is 8.73. The Hall–Kier alpha value is -0.810. The molecule has 0 aromatic heterocycles. The van der Waals surface area contributed by atoms with Gasteiger partial charge in [0.1, 0.15) is 11.8 Å². The lowest BCUT2D eigenvalue weighted by Gasteiger charge is -2.09. The van der Waals surface area contributed by atoms with Crippen LogP contribution in [0.3, 0.4) is 0 Å². The summed E-state index contributed by atoms with van der Waals surface area (Å²) in [5.74, 6) is -0.0311. The molecule has 1 fully saturated rings. The third-order valence-electron chi connectivity index (χ3n) is 4.05. The van der Waals surface area contributed by atoms with Crippen molar-refractivity contribution in [2.75, 3.05) is 13.2 Å². The molecule has 0 N–H and O–H groups in total. The first-order chi connectivity index (χ1) is 10.3. The van der Waals surface area contributed by atoms with Gasteiger partial charge in [0.25, 0.3) is 0 Å². The van der Waals surface area contributed by atoms with Crippen molar-refractivity contribution in [1.29, 1.82) is 0 Å². The number of carbonyl (C=O) groups excluding carboxylic acids is 1. The smallest absolute Gasteiger partial charge is 0.319 e. The van der Waals surface area contributed by atoms with E-state index in [0.29, 0.717) is 6.61 Å². The van der Waals surface area contributed by atoms with Crippen LogP contribution in [0.2, 0.25) is 0 Å². The summed E-state index contributed by atoms with van der Waals surface area (Å²) in [6.07, 6.45) is 5.71. The summed E-state index contributed by atoms with van der Waals surface area (Å²) in [5, 5.41) is 1.39. The van der Waals surface area contributed by atoms with Crippen molar-refractivity contribution in [2.45, 2.75) is 43.9 Å². The number of hydrogen-bond donors (Lipinski definition) is 0. The highest BCUT2D eigenvalue weighted by Crippen LogP contribution is 2.27. The predicted octanol–water partition coefficient (Wildman–Crippen LogP) is 0.224. The highest BCUT2D eigenvalue weighted by Gasteiger charge is 2.32. The fourth-order valence-corrected chi connectivity index (χ4v) is 4.17. The maximum atomic E-state index is 11.7. The third-order valence-corrected chi connectivity index (χ3v) is 5.50. The van der Waals surface area contributed by atoms with Crippen molar-refractivity contribution in [3.63, 3.8) is 0 Å². The van der Waals surface area contributed by atoms with Crippen LogP contribution in [-0.4, -0.2) is 34.0 Å². The van der Waals surface area contributed by atoms with E-state index in [4.69, 9.17) is 4.74 Å². The Bertz CT molecular complexity index is 533. The summed E-state index contributed by atoms with van der Waals surface area (Å²) in [6, 6.07) is 10.6. The zero-order valence-electron chi connectivity index (χ0n) is 12.7. The molecule has 3 rings (SSSR count). The zero-order valence-corrected chi connectivity index (χ0v) is 15.1. The Morgan fingerprint density at radius 1 is 1.18 bits per heavy atom. The molecule has 1 unspecified atom stereocenters. The van der Waals surface area contributed by atoms with Gasteiger partial charge in [-0.2, -0.15) is 0 Å². The van der Waals surface area contributed by atoms with E-state index in [1.165, 1.54) is 29.9 Å². The molecule has 1 aromatic rings. The first-order valence-electron chi connectivity index (χ1n) is 7.81. The van der Waals surface area contributed by atoms with Crippen molar-refractivity contribution in [1.82, 2.24) is 0 Å². The van der Waals surface area contributed by atoms with Gasteiger partial charge in [-0.15, -0.1) is 0 Å². The number of ether oxygens (including phenoxy) is 1. The Balaban J connectivity index is 0.00000176. The highest BCUT2D eigenvalue weighted by molar-refractivity contribution is 8.14. The zero-order chi connectivity index (χ0) is 14.5. The van der Waals surface area contributed by atoms with E-state index in [0.717, 1.165) is 25.9 Å². The van der Waals surface area contributed by atoms with E-state index in [9.17, 15) is 4.79 Å². The van der Waals surface area contributed by atoms with Crippen molar-refractivity contribution in [2.24, 2.45) is 0 Å². The van der Waals surface area contributed by atoms with Crippen LogP contribution in [0, 0.1) is 0 Å². The predicted molar refractivity (Wildman–Crippen MR) is 85.7 cm³/mol. The molecule has 0 bridgehead atoms. The summed E-state index contributed by atoms with van der Waals surface area (Å²) in [4.78, 5) is 11.7.